The lowest BCUT2D eigenvalue weighted by Crippen LogP contribution is -2.76. The molecule has 1 aliphatic rings. The van der Waals surface area contributed by atoms with E-state index in [4.69, 9.17) is 9.84 Å². The van der Waals surface area contributed by atoms with Gasteiger partial charge in [-0.2, -0.15) is 0 Å². The van der Waals surface area contributed by atoms with E-state index < -0.39 is 36.6 Å². The molecular formula is C13H18O6. The van der Waals surface area contributed by atoms with Crippen molar-refractivity contribution in [2.24, 2.45) is 5.92 Å². The molecule has 0 heterocycles. The van der Waals surface area contributed by atoms with Gasteiger partial charge in [0.05, 0.1) is 12.7 Å². The molecular weight excluding hydrogens is 252 g/mol. The summed E-state index contributed by atoms with van der Waals surface area (Å²) in [5.41, 5.74) is -1.18. The van der Waals surface area contributed by atoms with Crippen LogP contribution in [0.4, 0.5) is 0 Å². The molecule has 0 aromatic heterocycles. The first-order chi connectivity index (χ1) is 8.91. The Balaban J connectivity index is 2.13. The first-order valence-corrected chi connectivity index (χ1v) is 6.02. The van der Waals surface area contributed by atoms with Crippen LogP contribution in [0.5, 0.6) is 5.75 Å². The zero-order chi connectivity index (χ0) is 14.2. The van der Waals surface area contributed by atoms with Crippen LogP contribution >= 0.6 is 0 Å². The second-order valence-electron chi connectivity index (χ2n) is 4.90. The summed E-state index contributed by atoms with van der Waals surface area (Å²) in [6, 6.07) is 6.81. The Kier molecular flexibility index (Phi) is 3.80. The fourth-order valence-corrected chi connectivity index (χ4v) is 2.36. The Bertz CT molecular complexity index is 451. The summed E-state index contributed by atoms with van der Waals surface area (Å²) in [6.07, 6.45) is -4.60. The van der Waals surface area contributed by atoms with Gasteiger partial charge in [0.1, 0.15) is 11.9 Å². The molecule has 1 aromatic rings. The molecule has 1 saturated carbocycles. The number of aliphatic hydroxyl groups is 5. The van der Waals surface area contributed by atoms with E-state index in [-0.39, 0.29) is 0 Å². The molecule has 6 heteroatoms. The van der Waals surface area contributed by atoms with Gasteiger partial charge in [-0.25, -0.2) is 0 Å². The topological polar surface area (TPSA) is 110 Å². The number of aryl methyl sites for hydroxylation is 1. The monoisotopic (exact) mass is 270 g/mol. The molecule has 1 aliphatic carbocycles. The molecule has 0 aliphatic heterocycles. The van der Waals surface area contributed by atoms with Crippen molar-refractivity contribution in [2.75, 3.05) is 6.61 Å². The van der Waals surface area contributed by atoms with E-state index in [0.717, 1.165) is 5.56 Å². The van der Waals surface area contributed by atoms with Crippen molar-refractivity contribution in [3.63, 3.8) is 0 Å². The van der Waals surface area contributed by atoms with Crippen molar-refractivity contribution in [3.05, 3.63) is 29.8 Å². The quantitative estimate of drug-likeness (QED) is 0.438. The van der Waals surface area contributed by atoms with E-state index in [2.05, 4.69) is 0 Å². The molecule has 1 aromatic carbocycles. The molecule has 106 valence electrons. The molecule has 0 radical (unpaired) electrons. The van der Waals surface area contributed by atoms with Gasteiger partial charge < -0.3 is 30.3 Å². The summed E-state index contributed by atoms with van der Waals surface area (Å²) in [5.74, 6) is -0.728. The standard InChI is InChI=1S/C13H18O6/c1-7-3-2-4-8(5-7)19-12(17)13(18)9(6-14)10(15)11(13)16/h2-5,9-12,14-18H,6H2,1H3. The van der Waals surface area contributed by atoms with Gasteiger partial charge in [-0.3, -0.25) is 0 Å². The van der Waals surface area contributed by atoms with Crippen molar-refractivity contribution >= 4 is 0 Å². The van der Waals surface area contributed by atoms with Crippen molar-refractivity contribution in [2.45, 2.75) is 31.0 Å². The zero-order valence-electron chi connectivity index (χ0n) is 10.5. The van der Waals surface area contributed by atoms with E-state index in [1.54, 1.807) is 18.2 Å². The fraction of sp³-hybridized carbons (Fsp3) is 0.538. The third-order valence-corrected chi connectivity index (χ3v) is 3.63. The van der Waals surface area contributed by atoms with Gasteiger partial charge in [0.15, 0.2) is 5.60 Å². The highest BCUT2D eigenvalue weighted by molar-refractivity contribution is 5.28. The normalized spacial score (nSPS) is 35.6. The number of hydrogen-bond donors (Lipinski definition) is 5. The zero-order valence-corrected chi connectivity index (χ0v) is 10.5. The van der Waals surface area contributed by atoms with Crippen molar-refractivity contribution < 1.29 is 30.3 Å². The third-order valence-electron chi connectivity index (χ3n) is 3.63. The van der Waals surface area contributed by atoms with E-state index >= 15 is 0 Å². The van der Waals surface area contributed by atoms with Gasteiger partial charge in [0.25, 0.3) is 0 Å². The second-order valence-corrected chi connectivity index (χ2v) is 4.90. The Morgan fingerprint density at radius 3 is 2.63 bits per heavy atom. The molecule has 0 saturated heterocycles. The van der Waals surface area contributed by atoms with E-state index in [9.17, 15) is 20.4 Å². The van der Waals surface area contributed by atoms with Crippen LogP contribution in [-0.2, 0) is 0 Å². The van der Waals surface area contributed by atoms with Crippen molar-refractivity contribution in [1.82, 2.24) is 0 Å². The highest BCUT2D eigenvalue weighted by atomic mass is 16.6. The van der Waals surface area contributed by atoms with Gasteiger partial charge in [-0.15, -0.1) is 0 Å². The summed E-state index contributed by atoms with van der Waals surface area (Å²) >= 11 is 0. The van der Waals surface area contributed by atoms with Crippen LogP contribution in [0.3, 0.4) is 0 Å². The number of rotatable bonds is 4. The molecule has 1 fully saturated rings. The highest BCUT2D eigenvalue weighted by Crippen LogP contribution is 2.42. The SMILES string of the molecule is Cc1cccc(OC(O)C2(O)C(O)C(O)C2CO)c1. The maximum atomic E-state index is 10.2. The molecule has 6 nitrogen and oxygen atoms in total. The first-order valence-electron chi connectivity index (χ1n) is 6.02. The van der Waals surface area contributed by atoms with Crippen LogP contribution in [0.2, 0.25) is 0 Å². The number of hydrogen-bond acceptors (Lipinski definition) is 6. The maximum absolute atomic E-state index is 10.2. The van der Waals surface area contributed by atoms with Crippen LogP contribution in [-0.4, -0.2) is 56.2 Å². The lowest BCUT2D eigenvalue weighted by atomic mass is 9.64. The van der Waals surface area contributed by atoms with Crippen LogP contribution < -0.4 is 4.74 Å². The Labute approximate surface area is 110 Å². The lowest BCUT2D eigenvalue weighted by molar-refractivity contribution is -0.332. The molecule has 19 heavy (non-hydrogen) atoms. The lowest BCUT2D eigenvalue weighted by Gasteiger charge is -2.53. The van der Waals surface area contributed by atoms with Gasteiger partial charge >= 0.3 is 0 Å². The summed E-state index contributed by atoms with van der Waals surface area (Å²) in [5, 5.41) is 48.2. The van der Waals surface area contributed by atoms with Crippen molar-refractivity contribution in [3.8, 4) is 5.75 Å². The fourth-order valence-electron chi connectivity index (χ4n) is 2.36. The maximum Gasteiger partial charge on any atom is 0.229 e. The Morgan fingerprint density at radius 1 is 1.37 bits per heavy atom. The van der Waals surface area contributed by atoms with Crippen LogP contribution in [0, 0.1) is 12.8 Å². The average Bonchev–Trinajstić information content (AvgIpc) is 2.38. The largest absolute Gasteiger partial charge is 0.462 e. The predicted molar refractivity (Wildman–Crippen MR) is 65.4 cm³/mol. The summed E-state index contributed by atoms with van der Waals surface area (Å²) in [6.45, 7) is 1.27. The van der Waals surface area contributed by atoms with Gasteiger partial charge in [-0.1, -0.05) is 12.1 Å². The first kappa shape index (κ1) is 14.2. The minimum atomic E-state index is -2.09. The van der Waals surface area contributed by atoms with E-state index in [1.165, 1.54) is 0 Å². The Hall–Kier alpha value is -1.18. The van der Waals surface area contributed by atoms with Crippen LogP contribution in [0.25, 0.3) is 0 Å². The molecule has 0 amide bonds. The van der Waals surface area contributed by atoms with Crippen LogP contribution in [0.15, 0.2) is 24.3 Å². The summed E-state index contributed by atoms with van der Waals surface area (Å²) < 4.78 is 5.18. The van der Waals surface area contributed by atoms with Gasteiger partial charge in [0.2, 0.25) is 6.29 Å². The predicted octanol–water partition coefficient (Wildman–Crippen LogP) is -1.23. The summed E-state index contributed by atoms with van der Waals surface area (Å²) in [7, 11) is 0. The average molecular weight is 270 g/mol. The van der Waals surface area contributed by atoms with E-state index in [0.29, 0.717) is 5.75 Å². The molecule has 5 N–H and O–H groups in total. The highest BCUT2D eigenvalue weighted by Gasteiger charge is 2.65. The third kappa shape index (κ3) is 2.22. The Morgan fingerprint density at radius 2 is 2.05 bits per heavy atom. The minimum Gasteiger partial charge on any atom is -0.462 e. The van der Waals surface area contributed by atoms with E-state index in [1.807, 2.05) is 13.0 Å². The molecule has 0 spiro atoms. The smallest absolute Gasteiger partial charge is 0.229 e. The van der Waals surface area contributed by atoms with Crippen LogP contribution in [0.1, 0.15) is 5.56 Å². The molecule has 5 atom stereocenters. The molecule has 0 bridgehead atoms. The second kappa shape index (κ2) is 5.07. The van der Waals surface area contributed by atoms with Gasteiger partial charge in [-0.05, 0) is 24.6 Å². The van der Waals surface area contributed by atoms with Gasteiger partial charge in [0, 0.05) is 5.92 Å². The number of ether oxygens (including phenoxy) is 1. The number of benzene rings is 1. The minimum absolute atomic E-state index is 0.325. The summed E-state index contributed by atoms with van der Waals surface area (Å²) in [4.78, 5) is 0. The molecule has 5 unspecified atom stereocenters. The number of aliphatic hydroxyl groups excluding tert-OH is 4. The van der Waals surface area contributed by atoms with Crippen molar-refractivity contribution in [1.29, 1.82) is 0 Å². The molecule has 2 rings (SSSR count).